The van der Waals surface area contributed by atoms with Crippen LogP contribution in [0.1, 0.15) is 42.7 Å². The lowest BCUT2D eigenvalue weighted by molar-refractivity contribution is -0.150. The van der Waals surface area contributed by atoms with Gasteiger partial charge in [0.05, 0.1) is 49.1 Å². The molecule has 1 aliphatic heterocycles. The van der Waals surface area contributed by atoms with E-state index in [2.05, 4.69) is 27.8 Å². The smallest absolute Gasteiger partial charge is 0.406 e. The van der Waals surface area contributed by atoms with Crippen LogP contribution in [0.5, 0.6) is 5.75 Å². The first kappa shape index (κ1) is 38.8. The minimum atomic E-state index is -4.51. The third-order valence-corrected chi connectivity index (χ3v) is 8.78. The van der Waals surface area contributed by atoms with Crippen molar-refractivity contribution < 1.29 is 46.5 Å². The maximum atomic E-state index is 14.8. The molecule has 15 heteroatoms. The lowest BCUT2D eigenvalue weighted by Gasteiger charge is -2.33. The van der Waals surface area contributed by atoms with Crippen molar-refractivity contribution in [2.24, 2.45) is 11.8 Å². The molecule has 11 nitrogen and oxygen atoms in total. The zero-order valence-corrected chi connectivity index (χ0v) is 28.9. The number of esters is 1. The van der Waals surface area contributed by atoms with Gasteiger partial charge in [0.1, 0.15) is 18.5 Å². The third kappa shape index (κ3) is 10.5. The molecule has 0 aliphatic carbocycles. The van der Waals surface area contributed by atoms with E-state index in [0.29, 0.717) is 41.0 Å². The molecule has 0 radical (unpaired) electrons. The van der Waals surface area contributed by atoms with Crippen LogP contribution in [0.3, 0.4) is 0 Å². The summed E-state index contributed by atoms with van der Waals surface area (Å²) in [6, 6.07) is 10.6. The molecule has 2 heterocycles. The highest BCUT2D eigenvalue weighted by molar-refractivity contribution is 5.95. The van der Waals surface area contributed by atoms with E-state index in [1.807, 2.05) is 11.9 Å². The number of hydrogen-bond donors (Lipinski definition) is 4. The molecule has 1 saturated heterocycles. The third-order valence-electron chi connectivity index (χ3n) is 8.78. The number of carbonyl (C=O) groups is 3. The molecule has 4 atom stereocenters. The number of halogens is 4. The fourth-order valence-corrected chi connectivity index (χ4v) is 5.74. The highest BCUT2D eigenvalue weighted by atomic mass is 19.4. The van der Waals surface area contributed by atoms with Crippen LogP contribution in [0.4, 0.5) is 28.9 Å². The van der Waals surface area contributed by atoms with Gasteiger partial charge in [0.15, 0.2) is 0 Å². The zero-order valence-electron chi connectivity index (χ0n) is 28.9. The Balaban J connectivity index is 1.47. The Kier molecular flexibility index (Phi) is 13.2. The molecular weight excluding hydrogens is 674 g/mol. The van der Waals surface area contributed by atoms with Gasteiger partial charge >= 0.3 is 18.1 Å². The summed E-state index contributed by atoms with van der Waals surface area (Å²) in [6.07, 6.45) is -4.96. The minimum absolute atomic E-state index is 0.0188. The van der Waals surface area contributed by atoms with E-state index in [1.54, 1.807) is 37.3 Å². The average molecular weight is 718 g/mol. The summed E-state index contributed by atoms with van der Waals surface area (Å²) in [7, 11) is 3.24. The second kappa shape index (κ2) is 17.3. The van der Waals surface area contributed by atoms with Crippen LogP contribution >= 0.6 is 0 Å². The van der Waals surface area contributed by atoms with Gasteiger partial charge in [-0.05, 0) is 55.8 Å². The number of nitrogens with one attached hydrogen (secondary N) is 3. The Hall–Kier alpha value is -4.97. The average Bonchev–Trinajstić information content (AvgIpc) is 3.43. The number of alkyl halides is 4. The quantitative estimate of drug-likeness (QED) is 0.102. The van der Waals surface area contributed by atoms with Gasteiger partial charge in [-0.3, -0.25) is 14.4 Å². The lowest BCUT2D eigenvalue weighted by atomic mass is 9.94. The summed E-state index contributed by atoms with van der Waals surface area (Å²) < 4.78 is 67.4. The van der Waals surface area contributed by atoms with Gasteiger partial charge < -0.3 is 40.0 Å². The van der Waals surface area contributed by atoms with Crippen molar-refractivity contribution in [1.29, 1.82) is 0 Å². The molecule has 4 N–H and O–H groups in total. The molecule has 2 aromatic carbocycles. The van der Waals surface area contributed by atoms with Crippen molar-refractivity contribution >= 4 is 40.1 Å². The van der Waals surface area contributed by atoms with E-state index in [1.165, 1.54) is 26.2 Å². The minimum Gasteiger partial charge on any atom is -0.495 e. The van der Waals surface area contributed by atoms with Gasteiger partial charge in [-0.1, -0.05) is 25.8 Å². The van der Waals surface area contributed by atoms with Gasteiger partial charge in [0.2, 0.25) is 0 Å². The number of carbonyl (C=O) groups excluding carboxylic acids is 2. The van der Waals surface area contributed by atoms with E-state index < -0.39 is 54.6 Å². The van der Waals surface area contributed by atoms with Crippen LogP contribution in [0.15, 0.2) is 42.5 Å². The molecule has 1 amide bonds. The predicted octanol–water partition coefficient (Wildman–Crippen LogP) is 5.15. The largest absolute Gasteiger partial charge is 0.495 e. The Labute approximate surface area is 293 Å². The Morgan fingerprint density at radius 1 is 1.14 bits per heavy atom. The van der Waals surface area contributed by atoms with E-state index in [0.717, 1.165) is 4.57 Å². The van der Waals surface area contributed by atoms with Crippen LogP contribution in [0.25, 0.3) is 10.9 Å². The summed E-state index contributed by atoms with van der Waals surface area (Å²) in [5, 5.41) is 18.9. The van der Waals surface area contributed by atoms with Crippen LogP contribution in [0.2, 0.25) is 0 Å². The number of fused-ring (bicyclic) bond motifs is 1. The number of nitrogens with zero attached hydrogens (tertiary/aromatic N) is 2. The molecule has 1 fully saturated rings. The Bertz CT molecular complexity index is 1770. The number of methoxy groups -OCH3 is 1. The first-order valence-corrected chi connectivity index (χ1v) is 16.6. The number of amides is 1. The van der Waals surface area contributed by atoms with Crippen molar-refractivity contribution in [2.45, 2.75) is 51.6 Å². The SMILES string of the molecule is CCC(=O)OCC(CNC(=O)c1ccc(NCC#Cc2cc3c(N[C@@H]4CCN(C)C[C@@H]4F)cccc3n2CC(F)(F)F)c(OC)c1)C(C)C(=O)O. The normalized spacial score (nSPS) is 17.5. The van der Waals surface area contributed by atoms with Gasteiger partial charge in [0.25, 0.3) is 5.91 Å². The summed E-state index contributed by atoms with van der Waals surface area (Å²) in [6.45, 7) is 2.58. The van der Waals surface area contributed by atoms with E-state index in [9.17, 15) is 37.1 Å². The molecular formula is C36H43F4N5O6. The van der Waals surface area contributed by atoms with E-state index in [-0.39, 0.29) is 43.9 Å². The molecule has 1 aliphatic rings. The molecule has 276 valence electrons. The Morgan fingerprint density at radius 3 is 2.57 bits per heavy atom. The monoisotopic (exact) mass is 717 g/mol. The molecule has 51 heavy (non-hydrogen) atoms. The summed E-state index contributed by atoms with van der Waals surface area (Å²) in [5.41, 5.74) is 1.67. The number of aromatic nitrogens is 1. The number of anilines is 2. The highest BCUT2D eigenvalue weighted by Crippen LogP contribution is 2.32. The summed E-state index contributed by atoms with van der Waals surface area (Å²) in [5.74, 6) is 2.36. The number of piperidine rings is 1. The highest BCUT2D eigenvalue weighted by Gasteiger charge is 2.31. The van der Waals surface area contributed by atoms with Gasteiger partial charge in [-0.2, -0.15) is 13.2 Å². The molecule has 4 rings (SSSR count). The van der Waals surface area contributed by atoms with Crippen molar-refractivity contribution in [3.63, 3.8) is 0 Å². The van der Waals surface area contributed by atoms with Crippen LogP contribution < -0.4 is 20.7 Å². The van der Waals surface area contributed by atoms with Crippen molar-refractivity contribution in [1.82, 2.24) is 14.8 Å². The number of ether oxygens (including phenoxy) is 2. The van der Waals surface area contributed by atoms with Crippen LogP contribution in [-0.4, -0.2) is 97.8 Å². The van der Waals surface area contributed by atoms with Crippen LogP contribution in [0, 0.1) is 23.7 Å². The number of carboxylic acids is 1. The van der Waals surface area contributed by atoms with Crippen LogP contribution in [-0.2, 0) is 20.9 Å². The number of carboxylic acid groups (broad SMARTS) is 1. The topological polar surface area (TPSA) is 134 Å². The van der Waals surface area contributed by atoms with Crippen molar-refractivity contribution in [2.75, 3.05) is 57.6 Å². The molecule has 0 spiro atoms. The predicted molar refractivity (Wildman–Crippen MR) is 185 cm³/mol. The molecule has 3 aromatic rings. The first-order chi connectivity index (χ1) is 24.2. The second-order valence-corrected chi connectivity index (χ2v) is 12.5. The molecule has 1 aromatic heterocycles. The lowest BCUT2D eigenvalue weighted by Crippen LogP contribution is -2.46. The number of aliphatic carboxylic acids is 1. The summed E-state index contributed by atoms with van der Waals surface area (Å²) >= 11 is 0. The zero-order chi connectivity index (χ0) is 37.3. The van der Waals surface area contributed by atoms with Crippen molar-refractivity contribution in [3.8, 4) is 17.6 Å². The number of likely N-dealkylation sites (tertiary alicyclic amines) is 1. The first-order valence-electron chi connectivity index (χ1n) is 16.6. The molecule has 2 unspecified atom stereocenters. The van der Waals surface area contributed by atoms with Gasteiger partial charge in [0, 0.05) is 48.6 Å². The maximum absolute atomic E-state index is 14.8. The number of benzene rings is 2. The number of rotatable bonds is 14. The molecule has 0 bridgehead atoms. The molecule has 0 saturated carbocycles. The van der Waals surface area contributed by atoms with Gasteiger partial charge in [-0.15, -0.1) is 0 Å². The fraction of sp³-hybridized carbons (Fsp3) is 0.472. The Morgan fingerprint density at radius 2 is 1.90 bits per heavy atom. The van der Waals surface area contributed by atoms with Crippen molar-refractivity contribution in [3.05, 3.63) is 53.7 Å². The van der Waals surface area contributed by atoms with E-state index in [4.69, 9.17) is 9.47 Å². The second-order valence-electron chi connectivity index (χ2n) is 12.5. The standard InChI is InChI=1S/C36H43F4N5O6/c1-5-33(46)51-20-24(22(2)35(48)49)18-42-34(47)23-11-12-30(32(16-23)50-4)41-14-7-8-25-17-26-28(43-29-13-15-44(3)19-27(29)37)9-6-10-31(26)45(25)21-36(38,39)40/h6,9-12,16-17,22,24,27,29,41,43H,5,13-15,18-21H2,1-4H3,(H,42,47)(H,48,49)/t22?,24?,27-,29+/m0/s1. The maximum Gasteiger partial charge on any atom is 0.406 e. The fourth-order valence-electron chi connectivity index (χ4n) is 5.74. The number of hydrogen-bond acceptors (Lipinski definition) is 8. The van der Waals surface area contributed by atoms with Gasteiger partial charge in [-0.25, -0.2) is 4.39 Å². The van der Waals surface area contributed by atoms with E-state index >= 15 is 0 Å². The summed E-state index contributed by atoms with van der Waals surface area (Å²) in [4.78, 5) is 38.0.